The van der Waals surface area contributed by atoms with Crippen molar-refractivity contribution in [3.05, 3.63) is 23.8 Å². The lowest BCUT2D eigenvalue weighted by molar-refractivity contribution is 0.115. The van der Waals surface area contributed by atoms with Gasteiger partial charge in [0.05, 0.1) is 12.2 Å². The Kier molecular flexibility index (Phi) is 1.92. The molecular weight excluding hydrogens is 128 g/mol. The van der Waals surface area contributed by atoms with Crippen LogP contribution in [0.3, 0.4) is 0 Å². The largest absolute Gasteiger partial charge is 0.389 e. The first-order valence-electron chi connectivity index (χ1n) is 3.34. The molecule has 0 heterocycles. The van der Waals surface area contributed by atoms with Crippen LogP contribution in [0, 0.1) is 0 Å². The van der Waals surface area contributed by atoms with Crippen LogP contribution >= 0.6 is 0 Å². The Bertz CT molecular complexity index is 182. The molecule has 0 saturated carbocycles. The Morgan fingerprint density at radius 3 is 2.60 bits per heavy atom. The van der Waals surface area contributed by atoms with Crippen LogP contribution in [0.15, 0.2) is 23.8 Å². The Hall–Kier alpha value is -0.600. The van der Waals surface area contributed by atoms with E-state index in [1.807, 2.05) is 6.92 Å². The summed E-state index contributed by atoms with van der Waals surface area (Å²) in [6, 6.07) is 0. The molecule has 1 aliphatic carbocycles. The van der Waals surface area contributed by atoms with Crippen LogP contribution in [0.4, 0.5) is 0 Å². The molecular formula is C8H12O2. The molecule has 0 fully saturated rings. The van der Waals surface area contributed by atoms with Crippen molar-refractivity contribution in [1.82, 2.24) is 0 Å². The minimum absolute atomic E-state index is 0.390. The summed E-state index contributed by atoms with van der Waals surface area (Å²) < 4.78 is 0. The highest BCUT2D eigenvalue weighted by molar-refractivity contribution is 5.29. The van der Waals surface area contributed by atoms with E-state index in [1.165, 1.54) is 0 Å². The van der Waals surface area contributed by atoms with Gasteiger partial charge in [-0.15, -0.1) is 0 Å². The van der Waals surface area contributed by atoms with Gasteiger partial charge in [-0.2, -0.15) is 0 Å². The predicted octanol–water partition coefficient (Wildman–Crippen LogP) is 0.614. The van der Waals surface area contributed by atoms with Crippen molar-refractivity contribution in [1.29, 1.82) is 0 Å². The molecule has 0 bridgehead atoms. The van der Waals surface area contributed by atoms with Crippen molar-refractivity contribution in [3.8, 4) is 0 Å². The summed E-state index contributed by atoms with van der Waals surface area (Å²) in [5.74, 6) is 0. The molecule has 2 N–H and O–H groups in total. The molecule has 1 aliphatic rings. The maximum absolute atomic E-state index is 9.20. The van der Waals surface area contributed by atoms with Gasteiger partial charge >= 0.3 is 0 Å². The van der Waals surface area contributed by atoms with Crippen molar-refractivity contribution in [3.63, 3.8) is 0 Å². The third-order valence-corrected chi connectivity index (χ3v) is 1.81. The lowest BCUT2D eigenvalue weighted by atomic mass is 9.92. The molecule has 0 saturated heterocycles. The number of aliphatic hydroxyl groups is 2. The molecule has 1 rings (SSSR count). The predicted molar refractivity (Wildman–Crippen MR) is 39.5 cm³/mol. The number of hydrogen-bond donors (Lipinski definition) is 2. The molecule has 0 amide bonds. The minimum Gasteiger partial charge on any atom is -0.389 e. The zero-order valence-corrected chi connectivity index (χ0v) is 6.04. The van der Waals surface area contributed by atoms with E-state index in [-0.39, 0.29) is 0 Å². The van der Waals surface area contributed by atoms with Crippen LogP contribution < -0.4 is 0 Å². The first-order valence-corrected chi connectivity index (χ1v) is 3.34. The second kappa shape index (κ2) is 2.56. The first kappa shape index (κ1) is 7.51. The van der Waals surface area contributed by atoms with Gasteiger partial charge in [0.25, 0.3) is 0 Å². The Balaban J connectivity index is 2.79. The zero-order valence-electron chi connectivity index (χ0n) is 6.04. The second-order valence-corrected chi connectivity index (χ2v) is 2.73. The Morgan fingerprint density at radius 1 is 1.50 bits per heavy atom. The standard InChI is InChI=1S/C8H12O2/c1-5-3-6(2)8(10)4-7(5)9/h3,7-10H,1,4H2,2H3/t7-,8-/m1/s1. The van der Waals surface area contributed by atoms with Gasteiger partial charge in [-0.1, -0.05) is 12.7 Å². The fraction of sp³-hybridized carbons (Fsp3) is 0.500. The Labute approximate surface area is 60.5 Å². The van der Waals surface area contributed by atoms with Gasteiger partial charge in [-0.05, 0) is 18.1 Å². The van der Waals surface area contributed by atoms with E-state index in [9.17, 15) is 5.11 Å². The van der Waals surface area contributed by atoms with E-state index in [0.717, 1.165) is 5.57 Å². The molecule has 2 nitrogen and oxygen atoms in total. The summed E-state index contributed by atoms with van der Waals surface area (Å²) in [5, 5.41) is 18.4. The molecule has 0 aromatic rings. The van der Waals surface area contributed by atoms with Crippen molar-refractivity contribution in [2.75, 3.05) is 0 Å². The molecule has 2 heteroatoms. The van der Waals surface area contributed by atoms with E-state index >= 15 is 0 Å². The molecule has 0 spiro atoms. The van der Waals surface area contributed by atoms with Gasteiger partial charge in [-0.3, -0.25) is 0 Å². The van der Waals surface area contributed by atoms with Crippen molar-refractivity contribution in [2.45, 2.75) is 25.6 Å². The van der Waals surface area contributed by atoms with Gasteiger partial charge in [0.1, 0.15) is 0 Å². The summed E-state index contributed by atoms with van der Waals surface area (Å²) in [6.07, 6.45) is 1.08. The van der Waals surface area contributed by atoms with E-state index in [2.05, 4.69) is 6.58 Å². The normalized spacial score (nSPS) is 33.9. The molecule has 0 unspecified atom stereocenters. The topological polar surface area (TPSA) is 40.5 Å². The quantitative estimate of drug-likeness (QED) is 0.517. The van der Waals surface area contributed by atoms with E-state index in [1.54, 1.807) is 6.08 Å². The van der Waals surface area contributed by atoms with Gasteiger partial charge in [0, 0.05) is 6.42 Å². The highest BCUT2D eigenvalue weighted by atomic mass is 16.3. The minimum atomic E-state index is -0.557. The van der Waals surface area contributed by atoms with Crippen LogP contribution in [0.2, 0.25) is 0 Å². The third-order valence-electron chi connectivity index (χ3n) is 1.81. The summed E-state index contributed by atoms with van der Waals surface area (Å²) in [7, 11) is 0. The van der Waals surface area contributed by atoms with E-state index < -0.39 is 12.2 Å². The zero-order chi connectivity index (χ0) is 7.72. The van der Waals surface area contributed by atoms with Crippen LogP contribution in [0.5, 0.6) is 0 Å². The summed E-state index contributed by atoms with van der Waals surface area (Å²) in [5.41, 5.74) is 1.58. The molecule has 0 aromatic carbocycles. The molecule has 0 aliphatic heterocycles. The SMILES string of the molecule is C=C1C=C(C)[C@H](O)C[C@H]1O. The smallest absolute Gasteiger partial charge is 0.0812 e. The van der Waals surface area contributed by atoms with Crippen LogP contribution in [-0.2, 0) is 0 Å². The summed E-state index contributed by atoms with van der Waals surface area (Å²) >= 11 is 0. The Morgan fingerprint density at radius 2 is 2.10 bits per heavy atom. The molecule has 0 aromatic heterocycles. The van der Waals surface area contributed by atoms with E-state index in [0.29, 0.717) is 12.0 Å². The summed E-state index contributed by atoms with van der Waals surface area (Å²) in [6.45, 7) is 5.48. The number of hydrogen-bond acceptors (Lipinski definition) is 2. The molecule has 0 radical (unpaired) electrons. The van der Waals surface area contributed by atoms with Crippen LogP contribution in [0.1, 0.15) is 13.3 Å². The maximum Gasteiger partial charge on any atom is 0.0812 e. The first-order chi connectivity index (χ1) is 4.61. The highest BCUT2D eigenvalue weighted by Crippen LogP contribution is 2.21. The maximum atomic E-state index is 9.20. The fourth-order valence-corrected chi connectivity index (χ4v) is 1.03. The average molecular weight is 140 g/mol. The second-order valence-electron chi connectivity index (χ2n) is 2.73. The van der Waals surface area contributed by atoms with Crippen molar-refractivity contribution < 1.29 is 10.2 Å². The van der Waals surface area contributed by atoms with Gasteiger partial charge < -0.3 is 10.2 Å². The van der Waals surface area contributed by atoms with Crippen LogP contribution in [-0.4, -0.2) is 22.4 Å². The van der Waals surface area contributed by atoms with E-state index in [4.69, 9.17) is 5.11 Å². The highest BCUT2D eigenvalue weighted by Gasteiger charge is 2.19. The number of rotatable bonds is 0. The molecule has 2 atom stereocenters. The molecule has 10 heavy (non-hydrogen) atoms. The lowest BCUT2D eigenvalue weighted by Gasteiger charge is -2.22. The monoisotopic (exact) mass is 140 g/mol. The van der Waals surface area contributed by atoms with Crippen molar-refractivity contribution >= 4 is 0 Å². The lowest BCUT2D eigenvalue weighted by Crippen LogP contribution is -2.24. The van der Waals surface area contributed by atoms with Crippen molar-refractivity contribution in [2.24, 2.45) is 0 Å². The average Bonchev–Trinajstić information content (AvgIpc) is 1.84. The number of aliphatic hydroxyl groups excluding tert-OH is 2. The van der Waals surface area contributed by atoms with Gasteiger partial charge in [-0.25, -0.2) is 0 Å². The summed E-state index contributed by atoms with van der Waals surface area (Å²) in [4.78, 5) is 0. The third kappa shape index (κ3) is 1.28. The van der Waals surface area contributed by atoms with Gasteiger partial charge in [0.2, 0.25) is 0 Å². The molecule has 56 valence electrons. The van der Waals surface area contributed by atoms with Gasteiger partial charge in [0.15, 0.2) is 0 Å². The van der Waals surface area contributed by atoms with Crippen LogP contribution in [0.25, 0.3) is 0 Å². The fourth-order valence-electron chi connectivity index (χ4n) is 1.03.